The van der Waals surface area contributed by atoms with Gasteiger partial charge in [-0.15, -0.1) is 0 Å². The van der Waals surface area contributed by atoms with Gasteiger partial charge in [-0.1, -0.05) is 109 Å². The van der Waals surface area contributed by atoms with E-state index in [4.69, 9.17) is 14.3 Å². The van der Waals surface area contributed by atoms with Gasteiger partial charge < -0.3 is 26.6 Å². The van der Waals surface area contributed by atoms with Gasteiger partial charge in [-0.3, -0.25) is 9.63 Å². The summed E-state index contributed by atoms with van der Waals surface area (Å²) in [6, 6.07) is 5.78. The number of aromatic nitrogens is 1. The third-order valence-electron chi connectivity index (χ3n) is 6.76. The second-order valence-electron chi connectivity index (χ2n) is 10.2. The molecule has 40 heavy (non-hydrogen) atoms. The van der Waals surface area contributed by atoms with Crippen LogP contribution in [0.1, 0.15) is 110 Å². The Hall–Kier alpha value is -1.90. The number of nitrogens with zero attached hydrogens (tertiary/aromatic N) is 2. The van der Waals surface area contributed by atoms with Gasteiger partial charge in [0.2, 0.25) is 6.41 Å². The molecule has 1 atom stereocenters. The monoisotopic (exact) mass is 586 g/mol. The zero-order valence-electron chi connectivity index (χ0n) is 25.1. The SMILES string of the molecule is CCCCCCCCCCCCCCCCCCOCC(COC(=O)OC)ON(C=O)CC[n+]1ccccc1.[Cl-]. The van der Waals surface area contributed by atoms with Crippen LogP contribution in [0.3, 0.4) is 0 Å². The number of pyridine rings is 1. The van der Waals surface area contributed by atoms with Crippen molar-refractivity contribution in [2.75, 3.05) is 33.5 Å². The van der Waals surface area contributed by atoms with E-state index in [1.54, 1.807) is 0 Å². The Balaban J connectivity index is 0.0000152. The summed E-state index contributed by atoms with van der Waals surface area (Å²) in [5, 5.41) is 1.21. The van der Waals surface area contributed by atoms with Crippen LogP contribution in [0.4, 0.5) is 4.79 Å². The smallest absolute Gasteiger partial charge is 0.508 e. The van der Waals surface area contributed by atoms with Crippen molar-refractivity contribution in [3.63, 3.8) is 0 Å². The molecule has 9 heteroatoms. The third-order valence-corrected chi connectivity index (χ3v) is 6.76. The van der Waals surface area contributed by atoms with Gasteiger partial charge >= 0.3 is 6.16 Å². The van der Waals surface area contributed by atoms with Gasteiger partial charge in [0.15, 0.2) is 18.9 Å². The molecule has 0 bridgehead atoms. The van der Waals surface area contributed by atoms with Crippen LogP contribution in [-0.2, 0) is 30.4 Å². The van der Waals surface area contributed by atoms with Crippen molar-refractivity contribution in [3.05, 3.63) is 30.6 Å². The first-order valence-electron chi connectivity index (χ1n) is 15.3. The van der Waals surface area contributed by atoms with Crippen molar-refractivity contribution in [2.24, 2.45) is 0 Å². The van der Waals surface area contributed by atoms with Gasteiger partial charge in [0.1, 0.15) is 19.3 Å². The number of rotatable bonds is 27. The lowest BCUT2D eigenvalue weighted by atomic mass is 10.0. The van der Waals surface area contributed by atoms with E-state index < -0.39 is 12.3 Å². The molecule has 1 heterocycles. The minimum atomic E-state index is -0.793. The predicted molar refractivity (Wildman–Crippen MR) is 153 cm³/mol. The molecule has 1 unspecified atom stereocenters. The van der Waals surface area contributed by atoms with Crippen molar-refractivity contribution in [1.82, 2.24) is 5.06 Å². The maximum absolute atomic E-state index is 11.5. The van der Waals surface area contributed by atoms with E-state index in [0.29, 0.717) is 26.1 Å². The Bertz CT molecular complexity index is 698. The molecule has 1 amide bonds. The first-order chi connectivity index (χ1) is 19.2. The molecule has 0 aliphatic carbocycles. The van der Waals surface area contributed by atoms with Crippen LogP contribution < -0.4 is 17.0 Å². The molecule has 0 fully saturated rings. The topological polar surface area (TPSA) is 78.2 Å². The minimum absolute atomic E-state index is 0. The Morgan fingerprint density at radius 1 is 0.800 bits per heavy atom. The summed E-state index contributed by atoms with van der Waals surface area (Å²) in [6.07, 6.45) is 24.3. The summed E-state index contributed by atoms with van der Waals surface area (Å²) in [7, 11) is 1.25. The van der Waals surface area contributed by atoms with Gasteiger partial charge in [-0.25, -0.2) is 14.4 Å². The van der Waals surface area contributed by atoms with Crippen LogP contribution in [0.15, 0.2) is 30.6 Å². The molecule has 0 aliphatic heterocycles. The fraction of sp³-hybridized carbons (Fsp3) is 0.774. The van der Waals surface area contributed by atoms with Gasteiger partial charge in [-0.2, -0.15) is 0 Å². The number of amides is 1. The first-order valence-corrected chi connectivity index (χ1v) is 15.3. The number of hydroxylamine groups is 2. The molecule has 0 aromatic carbocycles. The zero-order valence-corrected chi connectivity index (χ0v) is 25.9. The van der Waals surface area contributed by atoms with Crippen LogP contribution >= 0.6 is 0 Å². The van der Waals surface area contributed by atoms with E-state index in [1.165, 1.54) is 102 Å². The highest BCUT2D eigenvalue weighted by atomic mass is 35.5. The van der Waals surface area contributed by atoms with Crippen molar-refractivity contribution < 1.29 is 45.6 Å². The van der Waals surface area contributed by atoms with Crippen LogP contribution in [-0.4, -0.2) is 57.2 Å². The highest BCUT2D eigenvalue weighted by Crippen LogP contribution is 2.13. The molecule has 232 valence electrons. The van der Waals surface area contributed by atoms with E-state index in [-0.39, 0.29) is 25.6 Å². The summed E-state index contributed by atoms with van der Waals surface area (Å²) < 4.78 is 17.3. The molecule has 1 aromatic heterocycles. The summed E-state index contributed by atoms with van der Waals surface area (Å²) in [6.45, 7) is 3.97. The van der Waals surface area contributed by atoms with Crippen molar-refractivity contribution in [1.29, 1.82) is 0 Å². The fourth-order valence-corrected chi connectivity index (χ4v) is 4.42. The number of methoxy groups -OCH3 is 1. The average molecular weight is 587 g/mol. The van der Waals surface area contributed by atoms with E-state index in [9.17, 15) is 9.59 Å². The normalized spacial score (nSPS) is 11.4. The van der Waals surface area contributed by atoms with Gasteiger partial charge in [0.25, 0.3) is 0 Å². The van der Waals surface area contributed by atoms with E-state index in [1.807, 2.05) is 35.2 Å². The molecule has 0 N–H and O–H groups in total. The van der Waals surface area contributed by atoms with Gasteiger partial charge in [0.05, 0.1) is 13.7 Å². The molecular formula is C31H55ClN2O6. The van der Waals surface area contributed by atoms with Crippen LogP contribution in [0.2, 0.25) is 0 Å². The molecule has 0 radical (unpaired) electrons. The number of carbonyl (C=O) groups excluding carboxylic acids is 2. The lowest BCUT2D eigenvalue weighted by Crippen LogP contribution is -3.00. The van der Waals surface area contributed by atoms with Crippen LogP contribution in [0.5, 0.6) is 0 Å². The number of hydrogen-bond acceptors (Lipinski definition) is 6. The molecule has 8 nitrogen and oxygen atoms in total. The predicted octanol–water partition coefficient (Wildman–Crippen LogP) is 3.80. The zero-order chi connectivity index (χ0) is 28.2. The molecule has 1 aromatic rings. The summed E-state index contributed by atoms with van der Waals surface area (Å²) in [5.74, 6) is 0. The van der Waals surface area contributed by atoms with Crippen molar-refractivity contribution in [2.45, 2.75) is 122 Å². The number of carbonyl (C=O) groups is 2. The molecule has 0 spiro atoms. The maximum atomic E-state index is 11.5. The van der Waals surface area contributed by atoms with E-state index in [2.05, 4.69) is 11.7 Å². The standard InChI is InChI=1S/C31H55N2O6.ClH/c1-3-4-5-6-7-8-9-10-11-12-13-14-15-16-17-21-26-37-27-30(28-38-31(35)36-2)39-33(29-34)25-24-32-22-19-18-20-23-32;/h18-20,22-23,29-30H,3-17,21,24-28H2,1-2H3;1H/q+1;/p-1. The molecule has 0 aliphatic rings. The van der Waals surface area contributed by atoms with Crippen molar-refractivity contribution in [3.8, 4) is 0 Å². The Morgan fingerprint density at radius 3 is 1.82 bits per heavy atom. The summed E-state index contributed by atoms with van der Waals surface area (Å²) in [5.41, 5.74) is 0. The lowest BCUT2D eigenvalue weighted by molar-refractivity contribution is -0.697. The van der Waals surface area contributed by atoms with E-state index >= 15 is 0 Å². The maximum Gasteiger partial charge on any atom is 0.508 e. The average Bonchev–Trinajstić information content (AvgIpc) is 2.97. The highest BCUT2D eigenvalue weighted by molar-refractivity contribution is 5.59. The quantitative estimate of drug-likeness (QED) is 0.0513. The summed E-state index contributed by atoms with van der Waals surface area (Å²) in [4.78, 5) is 28.7. The molecule has 0 saturated carbocycles. The number of ether oxygens (including phenoxy) is 3. The Kier molecular flexibility index (Phi) is 27.3. The molecule has 1 rings (SSSR count). The number of halogens is 1. The fourth-order valence-electron chi connectivity index (χ4n) is 4.42. The van der Waals surface area contributed by atoms with Gasteiger partial charge in [0, 0.05) is 18.7 Å². The molecular weight excluding hydrogens is 532 g/mol. The van der Waals surface area contributed by atoms with E-state index in [0.717, 1.165) is 12.8 Å². The van der Waals surface area contributed by atoms with Gasteiger partial charge in [-0.05, 0) is 6.42 Å². The second kappa shape index (κ2) is 28.6. The minimum Gasteiger partial charge on any atom is -1.00 e. The highest BCUT2D eigenvalue weighted by Gasteiger charge is 2.18. The summed E-state index contributed by atoms with van der Waals surface area (Å²) >= 11 is 0. The molecule has 0 saturated heterocycles. The number of hydrogen-bond donors (Lipinski definition) is 0. The second-order valence-corrected chi connectivity index (χ2v) is 10.2. The largest absolute Gasteiger partial charge is 1.00 e. The Morgan fingerprint density at radius 2 is 1.32 bits per heavy atom. The Labute approximate surface area is 249 Å². The third kappa shape index (κ3) is 22.9. The number of unbranched alkanes of at least 4 members (excludes halogenated alkanes) is 15. The lowest BCUT2D eigenvalue weighted by Gasteiger charge is -2.23. The van der Waals surface area contributed by atoms with Crippen LogP contribution in [0, 0.1) is 0 Å². The van der Waals surface area contributed by atoms with Crippen molar-refractivity contribution >= 4 is 12.6 Å². The first kappa shape index (κ1) is 38.1. The van der Waals surface area contributed by atoms with Crippen LogP contribution in [0.25, 0.3) is 0 Å².